The Labute approximate surface area is 379 Å². The quantitative estimate of drug-likeness (QED) is 0.153. The average Bonchev–Trinajstić information content (AvgIpc) is 3.63. The van der Waals surface area contributed by atoms with Crippen molar-refractivity contribution in [2.24, 2.45) is 9.98 Å². The molecule has 0 aliphatic carbocycles. The monoisotopic (exact) mass is 832 g/mol. The molecule has 4 nitrogen and oxygen atoms in total. The molecule has 316 valence electrons. The number of benzene rings is 8. The average molecular weight is 833 g/mol. The van der Waals surface area contributed by atoms with Crippen LogP contribution in [0.15, 0.2) is 204 Å². The Bertz CT molecular complexity index is 2840. The highest BCUT2D eigenvalue weighted by molar-refractivity contribution is 6.19. The van der Waals surface area contributed by atoms with Gasteiger partial charge >= 0.3 is 0 Å². The van der Waals surface area contributed by atoms with Crippen LogP contribution in [0.4, 0.5) is 11.4 Å². The van der Waals surface area contributed by atoms with Crippen molar-refractivity contribution in [2.45, 2.75) is 77.5 Å². The molecule has 0 bridgehead atoms. The van der Waals surface area contributed by atoms with E-state index in [1.54, 1.807) is 0 Å². The third kappa shape index (κ3) is 6.58. The van der Waals surface area contributed by atoms with Gasteiger partial charge in [-0.15, -0.1) is 0 Å². The zero-order chi connectivity index (χ0) is 44.4. The van der Waals surface area contributed by atoms with Gasteiger partial charge in [-0.05, 0) is 135 Å². The predicted molar refractivity (Wildman–Crippen MR) is 273 cm³/mol. The predicted octanol–water partition coefficient (Wildman–Crippen LogP) is 15.2. The summed E-state index contributed by atoms with van der Waals surface area (Å²) in [6, 6.07) is 70.5. The zero-order valence-corrected chi connectivity index (χ0v) is 38.3. The van der Waals surface area contributed by atoms with E-state index in [9.17, 15) is 0 Å². The molecule has 0 unspecified atom stereocenters. The maximum atomic E-state index is 5.42. The van der Waals surface area contributed by atoms with Gasteiger partial charge in [0, 0.05) is 22.5 Å². The number of anilines is 2. The highest BCUT2D eigenvalue weighted by atomic mass is 15.3. The molecule has 0 amide bonds. The fraction of sp³-hybridized carbons (Fsp3) is 0.200. The second-order valence-electron chi connectivity index (χ2n) is 19.4. The highest BCUT2D eigenvalue weighted by Gasteiger charge is 2.51. The van der Waals surface area contributed by atoms with Gasteiger partial charge in [0.15, 0.2) is 0 Å². The maximum Gasteiger partial charge on any atom is 0.136 e. The summed E-state index contributed by atoms with van der Waals surface area (Å²) in [5, 5.41) is 2.41. The molecule has 2 heterocycles. The van der Waals surface area contributed by atoms with E-state index >= 15 is 0 Å². The summed E-state index contributed by atoms with van der Waals surface area (Å²) in [7, 11) is 0. The van der Waals surface area contributed by atoms with Crippen LogP contribution in [0.5, 0.6) is 0 Å². The van der Waals surface area contributed by atoms with Crippen LogP contribution in [0.3, 0.4) is 0 Å². The number of hydrogen-bond acceptors (Lipinski definition) is 4. The Morgan fingerprint density at radius 3 is 0.875 bits per heavy atom. The molecule has 2 aliphatic rings. The lowest BCUT2D eigenvalue weighted by atomic mass is 9.79. The van der Waals surface area contributed by atoms with E-state index in [0.29, 0.717) is 0 Å². The summed E-state index contributed by atoms with van der Waals surface area (Å²) in [5.74, 6) is 1.99. The standard InChI is InChI=1S/C60H56N4/c1-57(2)59(5,6)63(47-27-17-11-18-28-47)55(61-57)45-37-33-43(34-38-45)51-49-31-21-22-32-50(49)52(54(42-25-15-10-16-26-42)53(51)41-23-13-9-14-24-41)44-35-39-46(40-36-44)56-62-58(3,4)60(7,8)64(56)48-29-19-12-20-30-48/h9-40H,1-8H3. The molecule has 2 aliphatic heterocycles. The van der Waals surface area contributed by atoms with Gasteiger partial charge in [-0.1, -0.05) is 170 Å². The largest absolute Gasteiger partial charge is 0.318 e. The molecule has 10 rings (SSSR count). The lowest BCUT2D eigenvalue weighted by Gasteiger charge is -2.41. The Balaban J connectivity index is 1.17. The molecule has 4 heteroatoms. The van der Waals surface area contributed by atoms with Crippen LogP contribution in [-0.4, -0.2) is 33.8 Å². The lowest BCUT2D eigenvalue weighted by Crippen LogP contribution is -2.53. The molecule has 0 aromatic heterocycles. The van der Waals surface area contributed by atoms with Gasteiger partial charge in [0.2, 0.25) is 0 Å². The Morgan fingerprint density at radius 1 is 0.281 bits per heavy atom. The minimum atomic E-state index is -0.300. The number of amidine groups is 2. The summed E-state index contributed by atoms with van der Waals surface area (Å²) in [4.78, 5) is 15.7. The summed E-state index contributed by atoms with van der Waals surface area (Å²) < 4.78 is 0. The molecular formula is C60H56N4. The van der Waals surface area contributed by atoms with Crippen molar-refractivity contribution in [3.05, 3.63) is 205 Å². The number of hydrogen-bond donors (Lipinski definition) is 0. The number of para-hydroxylation sites is 2. The van der Waals surface area contributed by atoms with Crippen molar-refractivity contribution >= 4 is 33.8 Å². The molecule has 0 fully saturated rings. The van der Waals surface area contributed by atoms with Crippen LogP contribution in [0.2, 0.25) is 0 Å². The van der Waals surface area contributed by atoms with Crippen molar-refractivity contribution in [2.75, 3.05) is 9.80 Å². The van der Waals surface area contributed by atoms with Gasteiger partial charge in [0.1, 0.15) is 11.7 Å². The second kappa shape index (κ2) is 15.3. The Hall–Kier alpha value is -7.04. The molecule has 8 aromatic rings. The van der Waals surface area contributed by atoms with Crippen LogP contribution in [-0.2, 0) is 0 Å². The highest BCUT2D eigenvalue weighted by Crippen LogP contribution is 2.51. The number of fused-ring (bicyclic) bond motifs is 1. The van der Waals surface area contributed by atoms with E-state index in [-0.39, 0.29) is 22.2 Å². The molecule has 64 heavy (non-hydrogen) atoms. The topological polar surface area (TPSA) is 31.2 Å². The minimum absolute atomic E-state index is 0.239. The van der Waals surface area contributed by atoms with Gasteiger partial charge in [-0.3, -0.25) is 9.98 Å². The SMILES string of the molecule is CC1(C)N=C(c2ccc(-c3c(-c4ccccc4)c(-c4ccccc4)c(-c4ccc(C5=NC(C)(C)C(C)(C)N5c5ccccc5)cc4)c4ccccc34)cc2)N(c2ccccc2)C1(C)C. The smallest absolute Gasteiger partial charge is 0.136 e. The van der Waals surface area contributed by atoms with E-state index in [2.05, 4.69) is 259 Å². The van der Waals surface area contributed by atoms with E-state index in [0.717, 1.165) is 45.3 Å². The van der Waals surface area contributed by atoms with Gasteiger partial charge in [-0.25, -0.2) is 0 Å². The van der Waals surface area contributed by atoms with Crippen molar-refractivity contribution in [1.82, 2.24) is 0 Å². The van der Waals surface area contributed by atoms with Crippen molar-refractivity contribution in [1.29, 1.82) is 0 Å². The third-order valence-electron chi connectivity index (χ3n) is 14.5. The van der Waals surface area contributed by atoms with E-state index in [4.69, 9.17) is 9.98 Å². The number of rotatable bonds is 8. The first-order chi connectivity index (χ1) is 30.8. The van der Waals surface area contributed by atoms with E-state index in [1.807, 2.05) is 0 Å². The maximum absolute atomic E-state index is 5.42. The molecular weight excluding hydrogens is 777 g/mol. The first kappa shape index (κ1) is 41.0. The summed E-state index contributed by atoms with van der Waals surface area (Å²) in [5.41, 5.74) is 12.9. The number of aliphatic imine (C=N–C) groups is 2. The van der Waals surface area contributed by atoms with Crippen LogP contribution in [0.25, 0.3) is 55.3 Å². The first-order valence-electron chi connectivity index (χ1n) is 22.6. The molecule has 0 spiro atoms. The fourth-order valence-corrected chi connectivity index (χ4v) is 9.81. The third-order valence-corrected chi connectivity index (χ3v) is 14.5. The minimum Gasteiger partial charge on any atom is -0.318 e. The van der Waals surface area contributed by atoms with Crippen molar-refractivity contribution in [3.8, 4) is 44.5 Å². The molecule has 0 saturated carbocycles. The van der Waals surface area contributed by atoms with Crippen LogP contribution in [0, 0.1) is 0 Å². The van der Waals surface area contributed by atoms with Crippen molar-refractivity contribution < 1.29 is 0 Å². The summed E-state index contributed by atoms with van der Waals surface area (Å²) >= 11 is 0. The lowest BCUT2D eigenvalue weighted by molar-refractivity contribution is 0.338. The normalized spacial score (nSPS) is 17.1. The van der Waals surface area contributed by atoms with E-state index in [1.165, 1.54) is 44.2 Å². The van der Waals surface area contributed by atoms with Gasteiger partial charge in [0.05, 0.1) is 22.2 Å². The Kier molecular flexibility index (Phi) is 9.83. The summed E-state index contributed by atoms with van der Waals surface area (Å²) in [6.45, 7) is 18.2. The molecule has 0 atom stereocenters. The van der Waals surface area contributed by atoms with E-state index < -0.39 is 0 Å². The number of nitrogens with zero attached hydrogens (tertiary/aromatic N) is 4. The molecule has 0 saturated heterocycles. The Morgan fingerprint density at radius 2 is 0.547 bits per heavy atom. The zero-order valence-electron chi connectivity index (χ0n) is 38.3. The van der Waals surface area contributed by atoms with Gasteiger partial charge < -0.3 is 9.80 Å². The van der Waals surface area contributed by atoms with Crippen LogP contribution in [0.1, 0.15) is 66.5 Å². The second-order valence-corrected chi connectivity index (χ2v) is 19.4. The van der Waals surface area contributed by atoms with Gasteiger partial charge in [0.25, 0.3) is 0 Å². The van der Waals surface area contributed by atoms with Crippen LogP contribution >= 0.6 is 0 Å². The van der Waals surface area contributed by atoms with Crippen LogP contribution < -0.4 is 9.80 Å². The van der Waals surface area contributed by atoms with Crippen molar-refractivity contribution in [3.63, 3.8) is 0 Å². The first-order valence-corrected chi connectivity index (χ1v) is 22.6. The van der Waals surface area contributed by atoms with Gasteiger partial charge in [-0.2, -0.15) is 0 Å². The molecule has 8 aromatic carbocycles. The molecule has 0 radical (unpaired) electrons. The summed E-state index contributed by atoms with van der Waals surface area (Å²) in [6.07, 6.45) is 0. The fourth-order valence-electron chi connectivity index (χ4n) is 9.81. The molecule has 0 N–H and O–H groups in total.